The smallest absolute Gasteiger partial charge is 0.255 e. The molecule has 2 aromatic carbocycles. The maximum atomic E-state index is 12.4. The summed E-state index contributed by atoms with van der Waals surface area (Å²) in [5, 5.41) is 15.4. The molecule has 1 heterocycles. The van der Waals surface area contributed by atoms with Gasteiger partial charge in [-0.25, -0.2) is 0 Å². The molecule has 1 amide bonds. The van der Waals surface area contributed by atoms with Gasteiger partial charge in [-0.1, -0.05) is 35.9 Å². The Morgan fingerprint density at radius 1 is 1.25 bits per heavy atom. The van der Waals surface area contributed by atoms with E-state index >= 15 is 0 Å². The van der Waals surface area contributed by atoms with Crippen LogP contribution in [0.5, 0.6) is 0 Å². The fourth-order valence-corrected chi connectivity index (χ4v) is 3.55. The molecule has 148 valence electrons. The van der Waals surface area contributed by atoms with Crippen LogP contribution in [0, 0.1) is 0 Å². The van der Waals surface area contributed by atoms with E-state index in [-0.39, 0.29) is 11.9 Å². The lowest BCUT2D eigenvalue weighted by Crippen LogP contribution is -2.32. The summed E-state index contributed by atoms with van der Waals surface area (Å²) in [4.78, 5) is 17.2. The fraction of sp³-hybridized carbons (Fsp3) is 0.318. The van der Waals surface area contributed by atoms with Crippen LogP contribution in [0.25, 0.3) is 10.9 Å². The summed E-state index contributed by atoms with van der Waals surface area (Å²) >= 11 is 5.99. The molecule has 3 rings (SSSR count). The second-order valence-electron chi connectivity index (χ2n) is 7.33. The Hall–Kier alpha value is -2.34. The molecule has 0 radical (unpaired) electrons. The van der Waals surface area contributed by atoms with Crippen molar-refractivity contribution in [2.75, 3.05) is 20.6 Å². The molecule has 0 bridgehead atoms. The molecule has 0 fully saturated rings. The third kappa shape index (κ3) is 4.55. The standard InChI is InChI=1S/C22H26ClN3O2/c1-14(24-13-20(27)15-6-4-7-17(23)11-15)10-16-12-25-21-18(16)8-5-9-19(21)22(28)26(2)3/h4-9,11-12,14,20,24-25,27H,10,13H2,1-3H3/t14-,20+/m1/s1. The second kappa shape index (κ2) is 8.78. The Labute approximate surface area is 170 Å². The monoisotopic (exact) mass is 399 g/mol. The molecule has 0 saturated carbocycles. The summed E-state index contributed by atoms with van der Waals surface area (Å²) in [5.41, 5.74) is 3.47. The Kier molecular flexibility index (Phi) is 6.39. The van der Waals surface area contributed by atoms with Crippen molar-refractivity contribution in [3.05, 3.63) is 70.4 Å². The number of aromatic nitrogens is 1. The fourth-order valence-electron chi connectivity index (χ4n) is 3.35. The molecule has 3 N–H and O–H groups in total. The number of aliphatic hydroxyl groups excluding tert-OH is 1. The lowest BCUT2D eigenvalue weighted by Gasteiger charge is -2.17. The van der Waals surface area contributed by atoms with Crippen LogP contribution in [0.4, 0.5) is 0 Å². The number of aromatic amines is 1. The maximum absolute atomic E-state index is 12.4. The average molecular weight is 400 g/mol. The topological polar surface area (TPSA) is 68.4 Å². The lowest BCUT2D eigenvalue weighted by atomic mass is 10.0. The summed E-state index contributed by atoms with van der Waals surface area (Å²) < 4.78 is 0. The number of para-hydroxylation sites is 1. The Morgan fingerprint density at radius 2 is 2.00 bits per heavy atom. The number of halogens is 1. The molecule has 0 aliphatic carbocycles. The quantitative estimate of drug-likeness (QED) is 0.566. The van der Waals surface area contributed by atoms with E-state index in [0.29, 0.717) is 17.1 Å². The molecule has 0 saturated heterocycles. The van der Waals surface area contributed by atoms with Gasteiger partial charge >= 0.3 is 0 Å². The lowest BCUT2D eigenvalue weighted by molar-refractivity contribution is 0.0829. The summed E-state index contributed by atoms with van der Waals surface area (Å²) in [5.74, 6) is -0.0187. The first-order valence-electron chi connectivity index (χ1n) is 9.34. The van der Waals surface area contributed by atoms with E-state index in [1.165, 1.54) is 0 Å². The normalized spacial score (nSPS) is 13.5. The first-order valence-corrected chi connectivity index (χ1v) is 9.72. The maximum Gasteiger partial charge on any atom is 0.255 e. The van der Waals surface area contributed by atoms with Gasteiger partial charge in [-0.15, -0.1) is 0 Å². The predicted octanol–water partition coefficient (Wildman–Crippen LogP) is 3.78. The van der Waals surface area contributed by atoms with Gasteiger partial charge in [-0.05, 0) is 42.7 Å². The number of nitrogens with one attached hydrogen (secondary N) is 2. The van der Waals surface area contributed by atoms with Gasteiger partial charge in [0.25, 0.3) is 5.91 Å². The van der Waals surface area contributed by atoms with Gasteiger partial charge in [0.1, 0.15) is 0 Å². The Bertz CT molecular complexity index is 967. The van der Waals surface area contributed by atoms with E-state index in [4.69, 9.17) is 11.6 Å². The van der Waals surface area contributed by atoms with Gasteiger partial charge in [0.15, 0.2) is 0 Å². The van der Waals surface area contributed by atoms with Crippen molar-refractivity contribution >= 4 is 28.4 Å². The van der Waals surface area contributed by atoms with Gasteiger partial charge < -0.3 is 20.3 Å². The van der Waals surface area contributed by atoms with Crippen LogP contribution in [0.15, 0.2) is 48.7 Å². The van der Waals surface area contributed by atoms with Gasteiger partial charge in [0.2, 0.25) is 0 Å². The minimum absolute atomic E-state index is 0.0187. The van der Waals surface area contributed by atoms with Crippen LogP contribution in [0.3, 0.4) is 0 Å². The van der Waals surface area contributed by atoms with Gasteiger partial charge in [0, 0.05) is 43.3 Å². The number of hydrogen-bond acceptors (Lipinski definition) is 3. The third-order valence-electron chi connectivity index (χ3n) is 4.86. The molecular weight excluding hydrogens is 374 g/mol. The van der Waals surface area contributed by atoms with Crippen molar-refractivity contribution < 1.29 is 9.90 Å². The highest BCUT2D eigenvalue weighted by molar-refractivity contribution is 6.30. The van der Waals surface area contributed by atoms with Gasteiger partial charge in [0.05, 0.1) is 17.2 Å². The third-order valence-corrected chi connectivity index (χ3v) is 5.09. The largest absolute Gasteiger partial charge is 0.387 e. The summed E-state index contributed by atoms with van der Waals surface area (Å²) in [6.07, 6.45) is 2.12. The van der Waals surface area contributed by atoms with Crippen LogP contribution in [0.2, 0.25) is 5.02 Å². The van der Waals surface area contributed by atoms with E-state index in [0.717, 1.165) is 28.5 Å². The number of fused-ring (bicyclic) bond motifs is 1. The molecule has 0 spiro atoms. The van der Waals surface area contributed by atoms with E-state index in [1.807, 2.05) is 36.5 Å². The second-order valence-corrected chi connectivity index (χ2v) is 7.76. The number of hydrogen-bond donors (Lipinski definition) is 3. The number of H-pyrrole nitrogens is 1. The highest BCUT2D eigenvalue weighted by atomic mass is 35.5. The molecule has 5 nitrogen and oxygen atoms in total. The van der Waals surface area contributed by atoms with Crippen LogP contribution < -0.4 is 5.32 Å². The van der Waals surface area contributed by atoms with Crippen LogP contribution >= 0.6 is 11.6 Å². The molecular formula is C22H26ClN3O2. The van der Waals surface area contributed by atoms with Crippen LogP contribution in [0.1, 0.15) is 34.5 Å². The molecule has 2 atom stereocenters. The Morgan fingerprint density at radius 3 is 2.71 bits per heavy atom. The number of aliphatic hydroxyl groups is 1. The first kappa shape index (κ1) is 20.4. The van der Waals surface area contributed by atoms with E-state index in [1.54, 1.807) is 31.1 Å². The number of benzene rings is 2. The average Bonchev–Trinajstić information content (AvgIpc) is 3.08. The van der Waals surface area contributed by atoms with Crippen molar-refractivity contribution in [2.45, 2.75) is 25.5 Å². The zero-order valence-electron chi connectivity index (χ0n) is 16.4. The molecule has 3 aromatic rings. The highest BCUT2D eigenvalue weighted by Gasteiger charge is 2.16. The van der Waals surface area contributed by atoms with Gasteiger partial charge in [-0.3, -0.25) is 4.79 Å². The van der Waals surface area contributed by atoms with Crippen molar-refractivity contribution in [3.8, 4) is 0 Å². The van der Waals surface area contributed by atoms with Crippen molar-refractivity contribution in [2.24, 2.45) is 0 Å². The molecule has 0 aliphatic rings. The minimum atomic E-state index is -0.617. The number of carbonyl (C=O) groups excluding carboxylic acids is 1. The first-order chi connectivity index (χ1) is 13.4. The highest BCUT2D eigenvalue weighted by Crippen LogP contribution is 2.24. The molecule has 6 heteroatoms. The van der Waals surface area contributed by atoms with E-state index in [2.05, 4.69) is 17.2 Å². The van der Waals surface area contributed by atoms with Crippen molar-refractivity contribution in [1.29, 1.82) is 0 Å². The molecule has 1 aromatic heterocycles. The van der Waals surface area contributed by atoms with Gasteiger partial charge in [-0.2, -0.15) is 0 Å². The van der Waals surface area contributed by atoms with E-state index in [9.17, 15) is 9.90 Å². The number of nitrogens with zero attached hydrogens (tertiary/aromatic N) is 1. The molecule has 28 heavy (non-hydrogen) atoms. The summed E-state index contributed by atoms with van der Waals surface area (Å²) in [6.45, 7) is 2.52. The summed E-state index contributed by atoms with van der Waals surface area (Å²) in [7, 11) is 3.50. The van der Waals surface area contributed by atoms with Crippen molar-refractivity contribution in [3.63, 3.8) is 0 Å². The summed E-state index contributed by atoms with van der Waals surface area (Å²) in [6, 6.07) is 13.2. The van der Waals surface area contributed by atoms with Crippen molar-refractivity contribution in [1.82, 2.24) is 15.2 Å². The van der Waals surface area contributed by atoms with Crippen LogP contribution in [-0.4, -0.2) is 47.6 Å². The number of rotatable bonds is 7. The minimum Gasteiger partial charge on any atom is -0.387 e. The zero-order chi connectivity index (χ0) is 20.3. The molecule has 0 unspecified atom stereocenters. The predicted molar refractivity (Wildman–Crippen MR) is 114 cm³/mol. The molecule has 0 aliphatic heterocycles. The number of carbonyl (C=O) groups is 1. The van der Waals surface area contributed by atoms with Crippen LogP contribution in [-0.2, 0) is 6.42 Å². The van der Waals surface area contributed by atoms with E-state index < -0.39 is 6.10 Å². The SMILES string of the molecule is C[C@H](Cc1c[nH]c2c(C(=O)N(C)C)cccc12)NC[C@H](O)c1cccc(Cl)c1. The zero-order valence-corrected chi connectivity index (χ0v) is 17.1. The Balaban J connectivity index is 1.67. The number of amides is 1.